The minimum atomic E-state index is 0.331. The molecule has 0 saturated carbocycles. The first-order valence-corrected chi connectivity index (χ1v) is 9.86. The molecule has 3 aromatic carbocycles. The molecule has 0 unspecified atom stereocenters. The first-order valence-electron chi connectivity index (χ1n) is 9.86. The van der Waals surface area contributed by atoms with Crippen LogP contribution in [0.2, 0.25) is 0 Å². The fourth-order valence-electron chi connectivity index (χ4n) is 3.18. The molecule has 0 saturated heterocycles. The van der Waals surface area contributed by atoms with Gasteiger partial charge in [0.2, 0.25) is 5.88 Å². The summed E-state index contributed by atoms with van der Waals surface area (Å²) < 4.78 is 5.94. The van der Waals surface area contributed by atoms with Crippen molar-refractivity contribution in [1.29, 1.82) is 0 Å². The third kappa shape index (κ3) is 4.46. The molecule has 0 aliphatic carbocycles. The van der Waals surface area contributed by atoms with Crippen LogP contribution in [0, 0.1) is 0 Å². The first kappa shape index (κ1) is 18.7. The van der Waals surface area contributed by atoms with Crippen LogP contribution in [0.1, 0.15) is 25.3 Å². The Morgan fingerprint density at radius 3 is 2.52 bits per heavy atom. The number of hydrogen-bond acceptors (Lipinski definition) is 5. The number of aryl methyl sites for hydroxylation is 1. The molecule has 1 heterocycles. The highest BCUT2D eigenvalue weighted by molar-refractivity contribution is 5.84. The van der Waals surface area contributed by atoms with Crippen LogP contribution < -0.4 is 15.8 Å². The SMILES string of the molecule is CCCCc1ccc(Nc2ncnc(Oc3ccc4ccccc4c3)c2N)cc1. The molecule has 0 atom stereocenters. The maximum Gasteiger partial charge on any atom is 0.248 e. The van der Waals surface area contributed by atoms with E-state index in [9.17, 15) is 0 Å². The zero-order valence-electron chi connectivity index (χ0n) is 16.4. The smallest absolute Gasteiger partial charge is 0.248 e. The number of nitrogens with zero attached hydrogens (tertiary/aromatic N) is 2. The van der Waals surface area contributed by atoms with E-state index >= 15 is 0 Å². The van der Waals surface area contributed by atoms with Crippen molar-refractivity contribution in [3.8, 4) is 11.6 Å². The summed E-state index contributed by atoms with van der Waals surface area (Å²) in [6.07, 6.45) is 4.93. The number of benzene rings is 3. The summed E-state index contributed by atoms with van der Waals surface area (Å²) in [5.74, 6) is 1.54. The molecule has 1 aromatic heterocycles. The van der Waals surface area contributed by atoms with E-state index in [0.717, 1.165) is 22.9 Å². The molecule has 4 rings (SSSR count). The monoisotopic (exact) mass is 384 g/mol. The summed E-state index contributed by atoms with van der Waals surface area (Å²) in [5.41, 5.74) is 8.90. The summed E-state index contributed by atoms with van der Waals surface area (Å²) in [6, 6.07) is 22.3. The molecular weight excluding hydrogens is 360 g/mol. The normalized spacial score (nSPS) is 10.8. The van der Waals surface area contributed by atoms with E-state index in [1.807, 2.05) is 48.5 Å². The maximum atomic E-state index is 6.27. The number of rotatable bonds is 7. The Kier molecular flexibility index (Phi) is 5.56. The standard InChI is InChI=1S/C24H24N4O/c1-2-3-6-17-9-12-20(13-10-17)28-23-22(25)24(27-16-26-23)29-21-14-11-18-7-4-5-8-19(18)15-21/h4-5,7-16H,2-3,6,25H2,1H3,(H,26,27,28). The lowest BCUT2D eigenvalue weighted by atomic mass is 10.1. The fraction of sp³-hybridized carbons (Fsp3) is 0.167. The number of anilines is 3. The van der Waals surface area contributed by atoms with Gasteiger partial charge in [-0.2, -0.15) is 4.98 Å². The van der Waals surface area contributed by atoms with Crippen molar-refractivity contribution in [2.75, 3.05) is 11.1 Å². The molecule has 0 spiro atoms. The molecule has 3 N–H and O–H groups in total. The van der Waals surface area contributed by atoms with Gasteiger partial charge in [0.1, 0.15) is 17.8 Å². The van der Waals surface area contributed by atoms with Crippen LogP contribution in [-0.4, -0.2) is 9.97 Å². The predicted molar refractivity (Wildman–Crippen MR) is 119 cm³/mol. The molecule has 0 fully saturated rings. The highest BCUT2D eigenvalue weighted by Gasteiger charge is 2.11. The summed E-state index contributed by atoms with van der Waals surface area (Å²) >= 11 is 0. The Morgan fingerprint density at radius 1 is 0.931 bits per heavy atom. The van der Waals surface area contributed by atoms with Gasteiger partial charge in [-0.3, -0.25) is 0 Å². The number of nitrogens with two attached hydrogens (primary N) is 1. The van der Waals surface area contributed by atoms with E-state index < -0.39 is 0 Å². The van der Waals surface area contributed by atoms with E-state index in [-0.39, 0.29) is 0 Å². The minimum absolute atomic E-state index is 0.331. The van der Waals surface area contributed by atoms with Crippen molar-refractivity contribution < 1.29 is 4.74 Å². The molecule has 0 amide bonds. The second kappa shape index (κ2) is 8.61. The lowest BCUT2D eigenvalue weighted by molar-refractivity contribution is 0.465. The largest absolute Gasteiger partial charge is 0.437 e. The Morgan fingerprint density at radius 2 is 1.72 bits per heavy atom. The molecule has 146 valence electrons. The summed E-state index contributed by atoms with van der Waals surface area (Å²) in [5, 5.41) is 5.50. The highest BCUT2D eigenvalue weighted by atomic mass is 16.5. The van der Waals surface area contributed by atoms with E-state index in [2.05, 4.69) is 40.4 Å². The van der Waals surface area contributed by atoms with Gasteiger partial charge in [-0.05, 0) is 53.4 Å². The summed E-state index contributed by atoms with van der Waals surface area (Å²) in [7, 11) is 0. The number of fused-ring (bicyclic) bond motifs is 1. The Bertz CT molecular complexity index is 1110. The Labute approximate surface area is 170 Å². The van der Waals surface area contributed by atoms with Crippen LogP contribution in [-0.2, 0) is 6.42 Å². The molecule has 4 aromatic rings. The number of nitrogens with one attached hydrogen (secondary N) is 1. The molecule has 5 nitrogen and oxygen atoms in total. The topological polar surface area (TPSA) is 73.1 Å². The van der Waals surface area contributed by atoms with Gasteiger partial charge in [0, 0.05) is 5.69 Å². The Hall–Kier alpha value is -3.60. The minimum Gasteiger partial charge on any atom is -0.437 e. The lowest BCUT2D eigenvalue weighted by Crippen LogP contribution is -2.03. The second-order valence-corrected chi connectivity index (χ2v) is 6.98. The van der Waals surface area contributed by atoms with E-state index in [4.69, 9.17) is 10.5 Å². The third-order valence-corrected chi connectivity index (χ3v) is 4.82. The van der Waals surface area contributed by atoms with Crippen molar-refractivity contribution in [2.24, 2.45) is 0 Å². The van der Waals surface area contributed by atoms with Gasteiger partial charge in [0.15, 0.2) is 5.82 Å². The van der Waals surface area contributed by atoms with Crippen molar-refractivity contribution in [1.82, 2.24) is 9.97 Å². The van der Waals surface area contributed by atoms with Gasteiger partial charge in [0.05, 0.1) is 0 Å². The molecule has 29 heavy (non-hydrogen) atoms. The average molecular weight is 384 g/mol. The van der Waals surface area contributed by atoms with Crippen molar-refractivity contribution in [2.45, 2.75) is 26.2 Å². The zero-order valence-corrected chi connectivity index (χ0v) is 16.4. The number of ether oxygens (including phenoxy) is 1. The lowest BCUT2D eigenvalue weighted by Gasteiger charge is -2.12. The van der Waals surface area contributed by atoms with Gasteiger partial charge in [-0.25, -0.2) is 4.98 Å². The van der Waals surface area contributed by atoms with Gasteiger partial charge in [-0.1, -0.05) is 55.8 Å². The number of nitrogen functional groups attached to an aromatic ring is 1. The van der Waals surface area contributed by atoms with Gasteiger partial charge in [-0.15, -0.1) is 0 Å². The van der Waals surface area contributed by atoms with Gasteiger partial charge >= 0.3 is 0 Å². The number of hydrogen-bond donors (Lipinski definition) is 2. The van der Waals surface area contributed by atoms with Crippen LogP contribution in [0.25, 0.3) is 10.8 Å². The zero-order chi connectivity index (χ0) is 20.1. The molecule has 0 bridgehead atoms. The van der Waals surface area contributed by atoms with Crippen LogP contribution in [0.5, 0.6) is 11.6 Å². The fourth-order valence-corrected chi connectivity index (χ4v) is 3.18. The van der Waals surface area contributed by atoms with Crippen LogP contribution in [0.4, 0.5) is 17.2 Å². The molecular formula is C24H24N4O. The summed E-state index contributed by atoms with van der Waals surface area (Å²) in [4.78, 5) is 8.48. The van der Waals surface area contributed by atoms with Gasteiger partial charge < -0.3 is 15.8 Å². The number of unbranched alkanes of at least 4 members (excludes halogenated alkanes) is 1. The first-order chi connectivity index (χ1) is 14.2. The van der Waals surface area contributed by atoms with Crippen molar-refractivity contribution in [3.63, 3.8) is 0 Å². The van der Waals surface area contributed by atoms with Crippen molar-refractivity contribution >= 4 is 28.0 Å². The van der Waals surface area contributed by atoms with Crippen LogP contribution >= 0.6 is 0 Å². The average Bonchev–Trinajstić information content (AvgIpc) is 2.76. The van der Waals surface area contributed by atoms with E-state index in [1.54, 1.807) is 0 Å². The molecule has 0 radical (unpaired) electrons. The highest BCUT2D eigenvalue weighted by Crippen LogP contribution is 2.32. The van der Waals surface area contributed by atoms with Crippen molar-refractivity contribution in [3.05, 3.63) is 78.6 Å². The van der Waals surface area contributed by atoms with E-state index in [1.165, 1.54) is 24.7 Å². The quantitative estimate of drug-likeness (QED) is 0.403. The van der Waals surface area contributed by atoms with Gasteiger partial charge in [0.25, 0.3) is 0 Å². The van der Waals surface area contributed by atoms with Crippen LogP contribution in [0.15, 0.2) is 73.1 Å². The molecule has 0 aliphatic rings. The predicted octanol–water partition coefficient (Wildman–Crippen LogP) is 6.09. The number of aromatic nitrogens is 2. The van der Waals surface area contributed by atoms with Crippen LogP contribution in [0.3, 0.4) is 0 Å². The third-order valence-electron chi connectivity index (χ3n) is 4.82. The Balaban J connectivity index is 1.52. The maximum absolute atomic E-state index is 6.27. The molecule has 0 aliphatic heterocycles. The molecule has 5 heteroatoms. The van der Waals surface area contributed by atoms with E-state index in [0.29, 0.717) is 23.1 Å². The summed E-state index contributed by atoms with van der Waals surface area (Å²) in [6.45, 7) is 2.20. The second-order valence-electron chi connectivity index (χ2n) is 6.98.